The molecule has 0 fully saturated rings. The van der Waals surface area contributed by atoms with Crippen LogP contribution in [0.25, 0.3) is 0 Å². The Morgan fingerprint density at radius 2 is 1.73 bits per heavy atom. The lowest BCUT2D eigenvalue weighted by atomic mass is 10.1. The third-order valence-corrected chi connectivity index (χ3v) is 3.59. The molecule has 0 unspecified atom stereocenters. The molecule has 116 valence electrons. The van der Waals surface area contributed by atoms with Crippen molar-refractivity contribution in [2.45, 2.75) is 20.4 Å². The monoisotopic (exact) mass is 299 g/mol. The van der Waals surface area contributed by atoms with E-state index in [0.717, 1.165) is 5.56 Å². The van der Waals surface area contributed by atoms with Gasteiger partial charge in [-0.1, -0.05) is 23.8 Å². The van der Waals surface area contributed by atoms with Crippen molar-refractivity contribution in [1.29, 1.82) is 0 Å². The standard InChI is InChI=1S/C18H21NO3/c1-12-5-6-13(2)15(9-12)11-19-18(20)14-7-8-16(21-3)17(10-14)22-4/h5-10H,11H2,1-4H3,(H,19,20). The molecular formula is C18H21NO3. The molecule has 0 saturated heterocycles. The lowest BCUT2D eigenvalue weighted by Gasteiger charge is -2.11. The quantitative estimate of drug-likeness (QED) is 0.922. The molecule has 1 N–H and O–H groups in total. The van der Waals surface area contributed by atoms with Gasteiger partial charge in [-0.25, -0.2) is 0 Å². The molecule has 0 atom stereocenters. The Morgan fingerprint density at radius 1 is 1.00 bits per heavy atom. The highest BCUT2D eigenvalue weighted by Gasteiger charge is 2.11. The van der Waals surface area contributed by atoms with E-state index < -0.39 is 0 Å². The van der Waals surface area contributed by atoms with E-state index >= 15 is 0 Å². The minimum atomic E-state index is -0.137. The number of carbonyl (C=O) groups excluding carboxylic acids is 1. The highest BCUT2D eigenvalue weighted by atomic mass is 16.5. The minimum absolute atomic E-state index is 0.137. The summed E-state index contributed by atoms with van der Waals surface area (Å²) in [6, 6.07) is 11.3. The number of aryl methyl sites for hydroxylation is 2. The fourth-order valence-corrected chi connectivity index (χ4v) is 2.25. The summed E-state index contributed by atoms with van der Waals surface area (Å²) in [6.45, 7) is 4.58. The number of hydrogen-bond acceptors (Lipinski definition) is 3. The van der Waals surface area contributed by atoms with Crippen molar-refractivity contribution in [2.75, 3.05) is 14.2 Å². The fourth-order valence-electron chi connectivity index (χ4n) is 2.25. The van der Waals surface area contributed by atoms with Gasteiger partial charge in [0.25, 0.3) is 5.91 Å². The van der Waals surface area contributed by atoms with Crippen molar-refractivity contribution in [2.24, 2.45) is 0 Å². The zero-order chi connectivity index (χ0) is 16.1. The number of rotatable bonds is 5. The second kappa shape index (κ2) is 6.98. The molecule has 0 aliphatic carbocycles. The van der Waals surface area contributed by atoms with Crippen LogP contribution in [0.5, 0.6) is 11.5 Å². The number of methoxy groups -OCH3 is 2. The van der Waals surface area contributed by atoms with Crippen LogP contribution in [0, 0.1) is 13.8 Å². The van der Waals surface area contributed by atoms with Crippen LogP contribution >= 0.6 is 0 Å². The molecule has 2 aromatic carbocycles. The molecule has 0 heterocycles. The summed E-state index contributed by atoms with van der Waals surface area (Å²) in [5.41, 5.74) is 4.01. The third-order valence-electron chi connectivity index (χ3n) is 3.59. The van der Waals surface area contributed by atoms with Gasteiger partial charge < -0.3 is 14.8 Å². The van der Waals surface area contributed by atoms with Crippen molar-refractivity contribution in [3.63, 3.8) is 0 Å². The summed E-state index contributed by atoms with van der Waals surface area (Å²) in [4.78, 5) is 12.3. The minimum Gasteiger partial charge on any atom is -0.493 e. The first-order valence-electron chi connectivity index (χ1n) is 7.11. The third kappa shape index (κ3) is 3.58. The van der Waals surface area contributed by atoms with E-state index in [4.69, 9.17) is 9.47 Å². The van der Waals surface area contributed by atoms with Gasteiger partial charge in [-0.05, 0) is 43.2 Å². The molecule has 0 spiro atoms. The second-order valence-electron chi connectivity index (χ2n) is 5.18. The Bertz CT molecular complexity index is 680. The summed E-state index contributed by atoms with van der Waals surface area (Å²) in [7, 11) is 3.12. The first-order valence-corrected chi connectivity index (χ1v) is 7.11. The predicted molar refractivity (Wildman–Crippen MR) is 86.6 cm³/mol. The normalized spacial score (nSPS) is 10.2. The lowest BCUT2D eigenvalue weighted by Crippen LogP contribution is -2.23. The van der Waals surface area contributed by atoms with Gasteiger partial charge in [-0.3, -0.25) is 4.79 Å². The lowest BCUT2D eigenvalue weighted by molar-refractivity contribution is 0.0950. The van der Waals surface area contributed by atoms with Crippen LogP contribution in [-0.4, -0.2) is 20.1 Å². The maximum atomic E-state index is 12.3. The largest absolute Gasteiger partial charge is 0.493 e. The zero-order valence-corrected chi connectivity index (χ0v) is 13.4. The van der Waals surface area contributed by atoms with E-state index in [9.17, 15) is 4.79 Å². The van der Waals surface area contributed by atoms with Crippen molar-refractivity contribution >= 4 is 5.91 Å². The molecule has 0 aliphatic heterocycles. The molecule has 4 nitrogen and oxygen atoms in total. The molecule has 0 aromatic heterocycles. The highest BCUT2D eigenvalue weighted by molar-refractivity contribution is 5.94. The Balaban J connectivity index is 2.11. The van der Waals surface area contributed by atoms with Crippen LogP contribution in [-0.2, 0) is 6.54 Å². The number of ether oxygens (including phenoxy) is 2. The van der Waals surface area contributed by atoms with Gasteiger partial charge >= 0.3 is 0 Å². The van der Waals surface area contributed by atoms with Crippen LogP contribution in [0.15, 0.2) is 36.4 Å². The second-order valence-corrected chi connectivity index (χ2v) is 5.18. The van der Waals surface area contributed by atoms with Gasteiger partial charge in [0.15, 0.2) is 11.5 Å². The smallest absolute Gasteiger partial charge is 0.251 e. The molecule has 22 heavy (non-hydrogen) atoms. The van der Waals surface area contributed by atoms with Gasteiger partial charge in [-0.15, -0.1) is 0 Å². The van der Waals surface area contributed by atoms with Gasteiger partial charge in [0.1, 0.15) is 0 Å². The number of nitrogens with one attached hydrogen (secondary N) is 1. The van der Waals surface area contributed by atoms with Crippen molar-refractivity contribution in [1.82, 2.24) is 5.32 Å². The van der Waals surface area contributed by atoms with Crippen molar-refractivity contribution in [3.05, 3.63) is 58.7 Å². The first kappa shape index (κ1) is 15.9. The average molecular weight is 299 g/mol. The molecule has 0 saturated carbocycles. The first-order chi connectivity index (χ1) is 10.5. The molecule has 2 aromatic rings. The van der Waals surface area contributed by atoms with E-state index in [2.05, 4.69) is 23.5 Å². The van der Waals surface area contributed by atoms with Gasteiger partial charge in [-0.2, -0.15) is 0 Å². The summed E-state index contributed by atoms with van der Waals surface area (Å²) >= 11 is 0. The summed E-state index contributed by atoms with van der Waals surface area (Å²) in [5.74, 6) is 1.01. The van der Waals surface area contributed by atoms with Crippen LogP contribution < -0.4 is 14.8 Å². The van der Waals surface area contributed by atoms with Crippen LogP contribution in [0.4, 0.5) is 0 Å². The Morgan fingerprint density at radius 3 is 2.41 bits per heavy atom. The van der Waals surface area contributed by atoms with E-state index in [1.54, 1.807) is 32.4 Å². The molecule has 0 radical (unpaired) electrons. The molecule has 0 bridgehead atoms. The van der Waals surface area contributed by atoms with Crippen molar-refractivity contribution in [3.8, 4) is 11.5 Å². The number of amides is 1. The maximum Gasteiger partial charge on any atom is 0.251 e. The van der Waals surface area contributed by atoms with E-state index in [0.29, 0.717) is 23.6 Å². The van der Waals surface area contributed by atoms with Gasteiger partial charge in [0.2, 0.25) is 0 Å². The van der Waals surface area contributed by atoms with Crippen LogP contribution in [0.1, 0.15) is 27.0 Å². The molecular weight excluding hydrogens is 278 g/mol. The fraction of sp³-hybridized carbons (Fsp3) is 0.278. The van der Waals surface area contributed by atoms with E-state index in [1.807, 2.05) is 13.8 Å². The maximum absolute atomic E-state index is 12.3. The van der Waals surface area contributed by atoms with E-state index in [1.165, 1.54) is 11.1 Å². The van der Waals surface area contributed by atoms with Crippen LogP contribution in [0.3, 0.4) is 0 Å². The van der Waals surface area contributed by atoms with Crippen LogP contribution in [0.2, 0.25) is 0 Å². The van der Waals surface area contributed by atoms with Gasteiger partial charge in [0.05, 0.1) is 14.2 Å². The molecule has 0 aliphatic rings. The van der Waals surface area contributed by atoms with E-state index in [-0.39, 0.29) is 5.91 Å². The molecule has 1 amide bonds. The predicted octanol–water partition coefficient (Wildman–Crippen LogP) is 3.25. The summed E-state index contributed by atoms with van der Waals surface area (Å²) < 4.78 is 10.4. The van der Waals surface area contributed by atoms with Gasteiger partial charge in [0, 0.05) is 12.1 Å². The summed E-state index contributed by atoms with van der Waals surface area (Å²) in [5, 5.41) is 2.94. The topological polar surface area (TPSA) is 47.6 Å². The number of hydrogen-bond donors (Lipinski definition) is 1. The molecule has 4 heteroatoms. The Labute approximate surface area is 131 Å². The SMILES string of the molecule is COc1ccc(C(=O)NCc2cc(C)ccc2C)cc1OC. The number of carbonyl (C=O) groups is 1. The highest BCUT2D eigenvalue weighted by Crippen LogP contribution is 2.27. The Hall–Kier alpha value is -2.49. The number of benzene rings is 2. The average Bonchev–Trinajstić information content (AvgIpc) is 2.54. The van der Waals surface area contributed by atoms with Crippen molar-refractivity contribution < 1.29 is 14.3 Å². The Kier molecular flexibility index (Phi) is 5.04. The zero-order valence-electron chi connectivity index (χ0n) is 13.4. The molecule has 2 rings (SSSR count). The summed E-state index contributed by atoms with van der Waals surface area (Å²) in [6.07, 6.45) is 0.